The van der Waals surface area contributed by atoms with Gasteiger partial charge in [0.2, 0.25) is 5.82 Å². The number of carbonyl (C=O) groups is 2. The molecule has 1 amide bonds. The van der Waals surface area contributed by atoms with Crippen LogP contribution in [0.15, 0.2) is 60.1 Å². The van der Waals surface area contributed by atoms with E-state index in [4.69, 9.17) is 10.5 Å². The van der Waals surface area contributed by atoms with Crippen molar-refractivity contribution in [1.82, 2.24) is 30.5 Å². The second kappa shape index (κ2) is 10.1. The minimum atomic E-state index is -0.619. The number of benzene rings is 2. The highest BCUT2D eigenvalue weighted by Crippen LogP contribution is 2.29. The molecular weight excluding hydrogens is 540 g/mol. The Morgan fingerprint density at radius 1 is 1.05 bits per heavy atom. The number of fused-ring (bicyclic) bond motifs is 3. The number of thiophene rings is 1. The summed E-state index contributed by atoms with van der Waals surface area (Å²) in [5.74, 6) is 0.0637. The fourth-order valence-electron chi connectivity index (χ4n) is 4.48. The maximum atomic E-state index is 12.8. The Hall–Kier alpha value is -5.10. The van der Waals surface area contributed by atoms with E-state index in [1.54, 1.807) is 6.20 Å². The summed E-state index contributed by atoms with van der Waals surface area (Å²) in [6.07, 6.45) is 1.71. The van der Waals surface area contributed by atoms with Crippen molar-refractivity contribution in [2.45, 2.75) is 32.9 Å². The third kappa shape index (κ3) is 5.24. The maximum Gasteiger partial charge on any atom is 0.360 e. The highest BCUT2D eigenvalue weighted by atomic mass is 32.1. The molecule has 4 heterocycles. The number of anilines is 3. The van der Waals surface area contributed by atoms with Crippen molar-refractivity contribution in [3.8, 4) is 0 Å². The Labute approximate surface area is 238 Å². The van der Waals surface area contributed by atoms with Gasteiger partial charge in [0.1, 0.15) is 17.2 Å². The molecule has 206 valence electrons. The second-order valence-corrected chi connectivity index (χ2v) is 11.3. The average Bonchev–Trinajstić information content (AvgIpc) is 3.58. The van der Waals surface area contributed by atoms with Crippen molar-refractivity contribution in [3.05, 3.63) is 77.2 Å². The molecule has 12 heteroatoms. The Balaban J connectivity index is 1.22. The lowest BCUT2D eigenvalue weighted by Crippen LogP contribution is -2.25. The number of carbonyl (C=O) groups excluding carboxylic acids is 2. The van der Waals surface area contributed by atoms with E-state index in [2.05, 4.69) is 35.8 Å². The Bertz CT molecular complexity index is 1960. The summed E-state index contributed by atoms with van der Waals surface area (Å²) in [5.41, 5.74) is 8.61. The summed E-state index contributed by atoms with van der Waals surface area (Å²) in [6.45, 7) is 5.70. The molecule has 0 saturated heterocycles. The monoisotopic (exact) mass is 566 g/mol. The molecule has 0 atom stereocenters. The molecule has 0 aliphatic carbocycles. The fraction of sp³-hybridized carbons (Fsp3) is 0.172. The van der Waals surface area contributed by atoms with Crippen LogP contribution in [-0.2, 0) is 11.3 Å². The van der Waals surface area contributed by atoms with Gasteiger partial charge in [0.05, 0.1) is 15.7 Å². The van der Waals surface area contributed by atoms with Crippen molar-refractivity contribution in [3.63, 3.8) is 0 Å². The van der Waals surface area contributed by atoms with Gasteiger partial charge >= 0.3 is 5.97 Å². The van der Waals surface area contributed by atoms with Crippen molar-refractivity contribution in [2.24, 2.45) is 0 Å². The van der Waals surface area contributed by atoms with Crippen LogP contribution in [0.1, 0.15) is 47.4 Å². The van der Waals surface area contributed by atoms with Crippen molar-refractivity contribution < 1.29 is 14.3 Å². The topological polar surface area (TPSA) is 161 Å². The van der Waals surface area contributed by atoms with Gasteiger partial charge in [-0.15, -0.1) is 11.3 Å². The van der Waals surface area contributed by atoms with Gasteiger partial charge < -0.3 is 21.1 Å². The van der Waals surface area contributed by atoms with Gasteiger partial charge in [-0.05, 0) is 67.4 Å². The molecular formula is C29H26N8O3S. The summed E-state index contributed by atoms with van der Waals surface area (Å²) in [6, 6.07) is 15.0. The van der Waals surface area contributed by atoms with E-state index >= 15 is 0 Å². The number of nitrogens with two attached hydrogens (primary N) is 1. The summed E-state index contributed by atoms with van der Waals surface area (Å²) in [5, 5.41) is 17.7. The number of nitrogens with one attached hydrogen (secondary N) is 3. The number of aromatic nitrogens is 5. The number of rotatable bonds is 6. The van der Waals surface area contributed by atoms with Gasteiger partial charge in [-0.3, -0.25) is 9.89 Å². The van der Waals surface area contributed by atoms with Gasteiger partial charge in [-0.25, -0.2) is 19.7 Å². The van der Waals surface area contributed by atoms with Crippen LogP contribution in [0.4, 0.5) is 17.3 Å². The van der Waals surface area contributed by atoms with Crippen LogP contribution in [0.5, 0.6) is 0 Å². The highest BCUT2D eigenvalue weighted by molar-refractivity contribution is 7.17. The third-order valence-electron chi connectivity index (χ3n) is 6.29. The van der Waals surface area contributed by atoms with Crippen LogP contribution in [0.3, 0.4) is 0 Å². The Kier molecular flexibility index (Phi) is 6.46. The van der Waals surface area contributed by atoms with Crippen molar-refractivity contribution >= 4 is 72.4 Å². The molecule has 6 rings (SSSR count). The second-order valence-electron chi connectivity index (χ2n) is 10.4. The smallest absolute Gasteiger partial charge is 0.360 e. The van der Waals surface area contributed by atoms with Gasteiger partial charge in [-0.2, -0.15) is 5.10 Å². The van der Waals surface area contributed by atoms with Crippen LogP contribution >= 0.6 is 11.3 Å². The number of nitrogen functional groups attached to an aromatic ring is 1. The predicted molar refractivity (Wildman–Crippen MR) is 159 cm³/mol. The van der Waals surface area contributed by atoms with Crippen LogP contribution < -0.4 is 16.4 Å². The Morgan fingerprint density at radius 2 is 1.90 bits per heavy atom. The number of hydrogen-bond donors (Lipinski definition) is 4. The first-order valence-electron chi connectivity index (χ1n) is 12.8. The lowest BCUT2D eigenvalue weighted by molar-refractivity contribution is 0.00649. The van der Waals surface area contributed by atoms with E-state index in [9.17, 15) is 9.59 Å². The van der Waals surface area contributed by atoms with Gasteiger partial charge in [-0.1, -0.05) is 18.2 Å². The van der Waals surface area contributed by atoms with Crippen molar-refractivity contribution in [2.75, 3.05) is 11.1 Å². The molecule has 2 aromatic carbocycles. The largest absolute Gasteiger partial charge is 0.455 e. The van der Waals surface area contributed by atoms with Crippen LogP contribution in [0, 0.1) is 0 Å². The third-order valence-corrected chi connectivity index (χ3v) is 7.21. The highest BCUT2D eigenvalue weighted by Gasteiger charge is 2.22. The normalized spacial score (nSPS) is 11.7. The first kappa shape index (κ1) is 26.1. The number of amides is 1. The van der Waals surface area contributed by atoms with Gasteiger partial charge in [0.25, 0.3) is 5.91 Å². The minimum absolute atomic E-state index is 0.0293. The molecule has 0 bridgehead atoms. The van der Waals surface area contributed by atoms with E-state index in [1.165, 1.54) is 11.3 Å². The molecule has 41 heavy (non-hydrogen) atoms. The summed E-state index contributed by atoms with van der Waals surface area (Å²) in [7, 11) is 0. The van der Waals surface area contributed by atoms with Crippen LogP contribution in [-0.4, -0.2) is 42.6 Å². The van der Waals surface area contributed by atoms with Gasteiger partial charge in [0.15, 0.2) is 5.69 Å². The molecule has 5 N–H and O–H groups in total. The molecule has 6 aromatic rings. The van der Waals surface area contributed by atoms with E-state index in [0.717, 1.165) is 26.7 Å². The van der Waals surface area contributed by atoms with E-state index in [0.29, 0.717) is 22.2 Å². The Morgan fingerprint density at radius 3 is 2.73 bits per heavy atom. The molecule has 0 saturated carbocycles. The number of H-pyrrole nitrogens is 1. The summed E-state index contributed by atoms with van der Waals surface area (Å²) >= 11 is 1.43. The standard InChI is InChI=1S/C29H26N8O3S/c1-29(2,3)40-28(39)22-19-8-7-16(13-21(19)36-37-22)33-25-18-6-4-5-15(17(18)9-11-31-25)14-32-27(38)26-34-20-10-12-41-23(20)24(30)35-26/h4-13H,14H2,1-3H3,(H,31,33)(H,32,38)(H,36,37)(H2,30,34,35). The molecule has 0 radical (unpaired) electrons. The SMILES string of the molecule is CC(C)(C)OC(=O)c1n[nH]c2cc(Nc3nccc4c(CNC(=O)c5nc(N)c6sccc6n5)cccc34)ccc12. The van der Waals surface area contributed by atoms with E-state index < -0.39 is 17.5 Å². The average molecular weight is 567 g/mol. The lowest BCUT2D eigenvalue weighted by atomic mass is 10.1. The molecule has 0 unspecified atom stereocenters. The van der Waals surface area contributed by atoms with E-state index in [-0.39, 0.29) is 23.9 Å². The summed E-state index contributed by atoms with van der Waals surface area (Å²) < 4.78 is 6.23. The zero-order chi connectivity index (χ0) is 28.7. The molecule has 4 aromatic heterocycles. The first-order chi connectivity index (χ1) is 19.7. The molecule has 0 spiro atoms. The first-order valence-corrected chi connectivity index (χ1v) is 13.7. The number of aromatic amines is 1. The lowest BCUT2D eigenvalue weighted by Gasteiger charge is -2.18. The fourth-order valence-corrected chi connectivity index (χ4v) is 5.22. The predicted octanol–water partition coefficient (Wildman–Crippen LogP) is 5.33. The molecule has 0 fully saturated rings. The van der Waals surface area contributed by atoms with Crippen molar-refractivity contribution in [1.29, 1.82) is 0 Å². The van der Waals surface area contributed by atoms with Crippen LogP contribution in [0.25, 0.3) is 31.9 Å². The van der Waals surface area contributed by atoms with E-state index in [1.807, 2.05) is 74.7 Å². The zero-order valence-electron chi connectivity index (χ0n) is 22.5. The number of ether oxygens (including phenoxy) is 1. The molecule has 0 aliphatic rings. The van der Waals surface area contributed by atoms with Crippen LogP contribution in [0.2, 0.25) is 0 Å². The minimum Gasteiger partial charge on any atom is -0.455 e. The zero-order valence-corrected chi connectivity index (χ0v) is 23.3. The molecule has 0 aliphatic heterocycles. The summed E-state index contributed by atoms with van der Waals surface area (Å²) in [4.78, 5) is 38.4. The number of hydrogen-bond acceptors (Lipinski definition) is 10. The number of pyridine rings is 1. The maximum absolute atomic E-state index is 12.8. The number of nitrogens with zero attached hydrogens (tertiary/aromatic N) is 4. The molecule has 11 nitrogen and oxygen atoms in total. The quantitative estimate of drug-likeness (QED) is 0.195. The van der Waals surface area contributed by atoms with Gasteiger partial charge in [0, 0.05) is 29.2 Å². The number of esters is 1.